The van der Waals surface area contributed by atoms with E-state index < -0.39 is 21.7 Å². The molecule has 0 bridgehead atoms. The molecule has 2 aromatic carbocycles. The summed E-state index contributed by atoms with van der Waals surface area (Å²) in [5, 5.41) is 2.75. The standard InChI is InChI=1S/C22H28N2O5S/c1-22(2,3)29-21(25)23-18-12-13-24(15-18)30(26,27)20-11-7-10-19(14-20)28-16-17-8-5-4-6-9-17/h4-11,14,18H,12-13,15-16H2,1-3H3,(H,23,25). The Kier molecular flexibility index (Phi) is 6.67. The molecule has 1 amide bonds. The van der Waals surface area contributed by atoms with Gasteiger partial charge in [-0.15, -0.1) is 0 Å². The van der Waals surface area contributed by atoms with Crippen molar-refractivity contribution in [2.75, 3.05) is 13.1 Å². The zero-order chi connectivity index (χ0) is 21.8. The predicted molar refractivity (Wildman–Crippen MR) is 114 cm³/mol. The van der Waals surface area contributed by atoms with E-state index in [0.29, 0.717) is 25.3 Å². The van der Waals surface area contributed by atoms with Gasteiger partial charge in [-0.25, -0.2) is 13.2 Å². The summed E-state index contributed by atoms with van der Waals surface area (Å²) in [6.07, 6.45) is -0.00841. The average molecular weight is 433 g/mol. The number of rotatable bonds is 6. The van der Waals surface area contributed by atoms with Crippen LogP contribution in [0.4, 0.5) is 4.79 Å². The van der Waals surface area contributed by atoms with E-state index in [0.717, 1.165) is 5.56 Å². The molecule has 162 valence electrons. The van der Waals surface area contributed by atoms with E-state index in [-0.39, 0.29) is 17.5 Å². The van der Waals surface area contributed by atoms with Crippen molar-refractivity contribution >= 4 is 16.1 Å². The number of carbonyl (C=O) groups is 1. The van der Waals surface area contributed by atoms with Crippen LogP contribution in [0.3, 0.4) is 0 Å². The Morgan fingerprint density at radius 1 is 1.13 bits per heavy atom. The molecule has 30 heavy (non-hydrogen) atoms. The topological polar surface area (TPSA) is 84.9 Å². The average Bonchev–Trinajstić information content (AvgIpc) is 3.15. The van der Waals surface area contributed by atoms with Crippen LogP contribution in [0.25, 0.3) is 0 Å². The molecule has 1 atom stereocenters. The Morgan fingerprint density at radius 2 is 1.87 bits per heavy atom. The lowest BCUT2D eigenvalue weighted by atomic mass is 10.2. The highest BCUT2D eigenvalue weighted by molar-refractivity contribution is 7.89. The first kappa shape index (κ1) is 22.1. The third-order valence-corrected chi connectivity index (χ3v) is 6.42. The SMILES string of the molecule is CC(C)(C)OC(=O)NC1CCN(S(=O)(=O)c2cccc(OCc3ccccc3)c2)C1. The fourth-order valence-electron chi connectivity index (χ4n) is 3.15. The molecular weight excluding hydrogens is 404 g/mol. The van der Waals surface area contributed by atoms with Crippen molar-refractivity contribution in [2.24, 2.45) is 0 Å². The molecule has 2 aromatic rings. The lowest BCUT2D eigenvalue weighted by Crippen LogP contribution is -2.41. The third kappa shape index (κ3) is 5.96. The molecule has 0 radical (unpaired) electrons. The maximum absolute atomic E-state index is 13.0. The number of ether oxygens (including phenoxy) is 2. The highest BCUT2D eigenvalue weighted by atomic mass is 32.2. The maximum atomic E-state index is 13.0. The summed E-state index contributed by atoms with van der Waals surface area (Å²) in [6, 6.07) is 15.9. The van der Waals surface area contributed by atoms with E-state index in [1.807, 2.05) is 30.3 Å². The van der Waals surface area contributed by atoms with Gasteiger partial charge in [0, 0.05) is 25.2 Å². The van der Waals surface area contributed by atoms with Gasteiger partial charge in [0.15, 0.2) is 0 Å². The number of nitrogens with one attached hydrogen (secondary N) is 1. The van der Waals surface area contributed by atoms with E-state index in [1.165, 1.54) is 10.4 Å². The maximum Gasteiger partial charge on any atom is 0.407 e. The van der Waals surface area contributed by atoms with Crippen LogP contribution in [-0.2, 0) is 21.4 Å². The summed E-state index contributed by atoms with van der Waals surface area (Å²) >= 11 is 0. The van der Waals surface area contributed by atoms with Gasteiger partial charge in [-0.3, -0.25) is 0 Å². The molecule has 1 N–H and O–H groups in total. The summed E-state index contributed by atoms with van der Waals surface area (Å²) in [4.78, 5) is 12.1. The largest absolute Gasteiger partial charge is 0.489 e. The summed E-state index contributed by atoms with van der Waals surface area (Å²) < 4.78 is 38.5. The van der Waals surface area contributed by atoms with Gasteiger partial charge >= 0.3 is 6.09 Å². The van der Waals surface area contributed by atoms with Gasteiger partial charge in [-0.2, -0.15) is 4.31 Å². The van der Waals surface area contributed by atoms with Crippen LogP contribution in [0.2, 0.25) is 0 Å². The van der Waals surface area contributed by atoms with Crippen LogP contribution >= 0.6 is 0 Å². The van der Waals surface area contributed by atoms with Gasteiger partial charge in [0.05, 0.1) is 4.90 Å². The van der Waals surface area contributed by atoms with Crippen LogP contribution in [0.15, 0.2) is 59.5 Å². The van der Waals surface area contributed by atoms with Crippen molar-refractivity contribution in [1.82, 2.24) is 9.62 Å². The monoisotopic (exact) mass is 432 g/mol. The molecule has 7 nitrogen and oxygen atoms in total. The number of hydrogen-bond donors (Lipinski definition) is 1. The van der Waals surface area contributed by atoms with Crippen molar-refractivity contribution in [3.8, 4) is 5.75 Å². The smallest absolute Gasteiger partial charge is 0.407 e. The lowest BCUT2D eigenvalue weighted by molar-refractivity contribution is 0.0507. The first-order chi connectivity index (χ1) is 14.1. The molecule has 0 spiro atoms. The molecule has 1 fully saturated rings. The van der Waals surface area contributed by atoms with Crippen molar-refractivity contribution in [1.29, 1.82) is 0 Å². The summed E-state index contributed by atoms with van der Waals surface area (Å²) in [6.45, 7) is 6.24. The molecule has 0 aromatic heterocycles. The van der Waals surface area contributed by atoms with Crippen molar-refractivity contribution < 1.29 is 22.7 Å². The second-order valence-electron chi connectivity index (χ2n) is 8.24. The Bertz CT molecular complexity index is 971. The van der Waals surface area contributed by atoms with Gasteiger partial charge in [-0.1, -0.05) is 36.4 Å². The minimum absolute atomic E-state index is 0.172. The molecule has 0 saturated carbocycles. The van der Waals surface area contributed by atoms with E-state index in [1.54, 1.807) is 39.0 Å². The molecule has 0 aliphatic carbocycles. The summed E-state index contributed by atoms with van der Waals surface area (Å²) in [5.74, 6) is 0.488. The van der Waals surface area contributed by atoms with Gasteiger partial charge < -0.3 is 14.8 Å². The second kappa shape index (κ2) is 9.06. The minimum Gasteiger partial charge on any atom is -0.489 e. The number of nitrogens with zero attached hydrogens (tertiary/aromatic N) is 1. The van der Waals surface area contributed by atoms with Crippen LogP contribution in [0.5, 0.6) is 5.75 Å². The van der Waals surface area contributed by atoms with E-state index in [9.17, 15) is 13.2 Å². The zero-order valence-corrected chi connectivity index (χ0v) is 18.3. The highest BCUT2D eigenvalue weighted by Gasteiger charge is 2.34. The molecule has 1 aliphatic rings. The molecule has 8 heteroatoms. The number of hydrogen-bond acceptors (Lipinski definition) is 5. The van der Waals surface area contributed by atoms with Gasteiger partial charge in [0.25, 0.3) is 0 Å². The van der Waals surface area contributed by atoms with Crippen LogP contribution < -0.4 is 10.1 Å². The first-order valence-corrected chi connectivity index (χ1v) is 11.3. The number of sulfonamides is 1. The Morgan fingerprint density at radius 3 is 2.57 bits per heavy atom. The Balaban J connectivity index is 1.62. The van der Waals surface area contributed by atoms with E-state index in [4.69, 9.17) is 9.47 Å². The summed E-state index contributed by atoms with van der Waals surface area (Å²) in [7, 11) is -3.69. The molecule has 1 heterocycles. The summed E-state index contributed by atoms with van der Waals surface area (Å²) in [5.41, 5.74) is 0.399. The molecule has 1 aliphatic heterocycles. The molecule has 1 saturated heterocycles. The van der Waals surface area contributed by atoms with Gasteiger partial charge in [-0.05, 0) is 44.9 Å². The third-order valence-electron chi connectivity index (χ3n) is 4.56. The van der Waals surface area contributed by atoms with E-state index >= 15 is 0 Å². The van der Waals surface area contributed by atoms with Crippen LogP contribution in [0.1, 0.15) is 32.8 Å². The number of benzene rings is 2. The van der Waals surface area contributed by atoms with Crippen LogP contribution in [-0.4, -0.2) is 43.5 Å². The molecule has 3 rings (SSSR count). The van der Waals surface area contributed by atoms with Crippen LogP contribution in [0, 0.1) is 0 Å². The second-order valence-corrected chi connectivity index (χ2v) is 10.2. The number of alkyl carbamates (subject to hydrolysis) is 1. The Hall–Kier alpha value is -2.58. The zero-order valence-electron chi connectivity index (χ0n) is 17.5. The number of amides is 1. The molecular formula is C22H28N2O5S. The fourth-order valence-corrected chi connectivity index (χ4v) is 4.69. The fraction of sp³-hybridized carbons (Fsp3) is 0.409. The van der Waals surface area contributed by atoms with E-state index in [2.05, 4.69) is 5.32 Å². The van der Waals surface area contributed by atoms with Crippen molar-refractivity contribution in [3.63, 3.8) is 0 Å². The van der Waals surface area contributed by atoms with Crippen molar-refractivity contribution in [3.05, 3.63) is 60.2 Å². The first-order valence-electron chi connectivity index (χ1n) is 9.90. The number of carbonyl (C=O) groups excluding carboxylic acids is 1. The van der Waals surface area contributed by atoms with Gasteiger partial charge in [0.2, 0.25) is 10.0 Å². The Labute approximate surface area is 178 Å². The lowest BCUT2D eigenvalue weighted by Gasteiger charge is -2.22. The predicted octanol–water partition coefficient (Wildman–Crippen LogP) is 3.55. The van der Waals surface area contributed by atoms with Crippen molar-refractivity contribution in [2.45, 2.75) is 50.3 Å². The normalized spacial score (nSPS) is 17.5. The highest BCUT2D eigenvalue weighted by Crippen LogP contribution is 2.25. The van der Waals surface area contributed by atoms with Gasteiger partial charge in [0.1, 0.15) is 18.0 Å². The minimum atomic E-state index is -3.69. The quantitative estimate of drug-likeness (QED) is 0.755. The molecule has 1 unspecified atom stereocenters.